The van der Waals surface area contributed by atoms with Crippen molar-refractivity contribution in [1.29, 1.82) is 0 Å². The maximum Gasteiger partial charge on any atom is 0.326 e. The topological polar surface area (TPSA) is 71.3 Å². The summed E-state index contributed by atoms with van der Waals surface area (Å²) in [5, 5.41) is 14.0. The van der Waals surface area contributed by atoms with Crippen molar-refractivity contribution in [2.24, 2.45) is 0 Å². The van der Waals surface area contributed by atoms with Crippen LogP contribution in [0, 0.1) is 0 Å². The summed E-state index contributed by atoms with van der Waals surface area (Å²) in [6.45, 7) is 1.91. The molecule has 1 unspecified atom stereocenters. The number of carbonyl (C=O) groups excluding carboxylic acids is 1. The first-order valence-corrected chi connectivity index (χ1v) is 9.79. The van der Waals surface area contributed by atoms with Gasteiger partial charge in [0.1, 0.15) is 6.04 Å². The molecule has 5 nitrogen and oxygen atoms in total. The van der Waals surface area contributed by atoms with Crippen molar-refractivity contribution in [3.63, 3.8) is 0 Å². The van der Waals surface area contributed by atoms with Crippen LogP contribution in [-0.4, -0.2) is 27.6 Å². The van der Waals surface area contributed by atoms with Gasteiger partial charge in [0.15, 0.2) is 0 Å². The Kier molecular flexibility index (Phi) is 4.90. The number of hydrogen-bond donors (Lipinski definition) is 2. The summed E-state index contributed by atoms with van der Waals surface area (Å²) in [4.78, 5) is 24.4. The number of nitrogens with one attached hydrogen (secondary N) is 1. The van der Waals surface area contributed by atoms with Gasteiger partial charge in [-0.2, -0.15) is 0 Å². The van der Waals surface area contributed by atoms with Gasteiger partial charge >= 0.3 is 5.97 Å². The monoisotopic (exact) mass is 376 g/mol. The number of aliphatic carboxylic acids is 1. The first-order valence-electron chi connectivity index (χ1n) is 9.79. The van der Waals surface area contributed by atoms with Gasteiger partial charge in [-0.15, -0.1) is 0 Å². The second kappa shape index (κ2) is 7.50. The molecule has 1 heterocycles. The van der Waals surface area contributed by atoms with Crippen LogP contribution in [0.3, 0.4) is 0 Å². The number of rotatable bonds is 5. The highest BCUT2D eigenvalue weighted by molar-refractivity contribution is 5.94. The van der Waals surface area contributed by atoms with Crippen LogP contribution in [0.4, 0.5) is 0 Å². The lowest BCUT2D eigenvalue weighted by Gasteiger charge is -2.26. The van der Waals surface area contributed by atoms with Gasteiger partial charge in [-0.3, -0.25) is 4.79 Å². The standard InChI is InChI=1S/C23H24N2O3/c1-2-19(23(27)28)25-20-11-7-6-10-17(20)18-14-16(12-13-21(18)25)24-22(26)15-8-4-3-5-9-15/h3-11,16,19H,2,12-14H2,1H3,(H,24,26)(H,27,28)/t16-,19?/m1/s1. The van der Waals surface area contributed by atoms with E-state index in [0.29, 0.717) is 12.0 Å². The number of carbonyl (C=O) groups is 2. The number of carboxylic acid groups (broad SMARTS) is 1. The fraction of sp³-hybridized carbons (Fsp3) is 0.304. The Morgan fingerprint density at radius 1 is 1.14 bits per heavy atom. The molecule has 2 atom stereocenters. The fourth-order valence-corrected chi connectivity index (χ4v) is 4.35. The number of nitrogens with zero attached hydrogens (tertiary/aromatic N) is 1. The van der Waals surface area contributed by atoms with Crippen LogP contribution in [0.1, 0.15) is 47.4 Å². The predicted molar refractivity (Wildman–Crippen MR) is 109 cm³/mol. The molecule has 1 aliphatic carbocycles. The first-order chi connectivity index (χ1) is 13.6. The van der Waals surface area contributed by atoms with Crippen molar-refractivity contribution in [1.82, 2.24) is 9.88 Å². The van der Waals surface area contributed by atoms with Crippen molar-refractivity contribution < 1.29 is 14.7 Å². The Morgan fingerprint density at radius 3 is 2.57 bits per heavy atom. The molecule has 0 radical (unpaired) electrons. The Labute approximate surface area is 164 Å². The van der Waals surface area contributed by atoms with E-state index >= 15 is 0 Å². The van der Waals surface area contributed by atoms with Crippen molar-refractivity contribution in [3.05, 3.63) is 71.4 Å². The quantitative estimate of drug-likeness (QED) is 0.708. The van der Waals surface area contributed by atoms with Gasteiger partial charge in [-0.05, 0) is 49.4 Å². The largest absolute Gasteiger partial charge is 0.480 e. The average Bonchev–Trinajstić information content (AvgIpc) is 3.03. The van der Waals surface area contributed by atoms with E-state index in [1.54, 1.807) is 0 Å². The highest BCUT2D eigenvalue weighted by Crippen LogP contribution is 2.35. The first kappa shape index (κ1) is 18.3. The third-order valence-corrected chi connectivity index (χ3v) is 5.66. The van der Waals surface area contributed by atoms with Crippen LogP contribution in [0.5, 0.6) is 0 Å². The van der Waals surface area contributed by atoms with Crippen molar-refractivity contribution in [2.45, 2.75) is 44.7 Å². The second-order valence-electron chi connectivity index (χ2n) is 7.35. The van der Waals surface area contributed by atoms with Gasteiger partial charge in [0.25, 0.3) is 5.91 Å². The molecule has 0 spiro atoms. The van der Waals surface area contributed by atoms with E-state index in [1.807, 2.05) is 60.0 Å². The Morgan fingerprint density at radius 2 is 1.86 bits per heavy atom. The number of aromatic nitrogens is 1. The van der Waals surface area contributed by atoms with Crippen LogP contribution >= 0.6 is 0 Å². The Bertz CT molecular complexity index is 1020. The maximum atomic E-state index is 12.5. The summed E-state index contributed by atoms with van der Waals surface area (Å²) in [6, 6.07) is 16.7. The van der Waals surface area contributed by atoms with Gasteiger partial charge in [0, 0.05) is 28.2 Å². The minimum absolute atomic E-state index is 0.0457. The zero-order valence-corrected chi connectivity index (χ0v) is 15.9. The SMILES string of the molecule is CCC(C(=O)O)n1c2c(c3ccccc31)C[C@H](NC(=O)c1ccccc1)CC2. The zero-order valence-electron chi connectivity index (χ0n) is 15.9. The molecule has 4 rings (SSSR count). The minimum Gasteiger partial charge on any atom is -0.480 e. The summed E-state index contributed by atoms with van der Waals surface area (Å²) in [7, 11) is 0. The maximum absolute atomic E-state index is 12.5. The highest BCUT2D eigenvalue weighted by Gasteiger charge is 2.30. The van der Waals surface area contributed by atoms with E-state index in [9.17, 15) is 14.7 Å². The lowest BCUT2D eigenvalue weighted by Crippen LogP contribution is -2.39. The molecule has 0 fully saturated rings. The number of amides is 1. The average molecular weight is 376 g/mol. The van der Waals surface area contributed by atoms with Crippen LogP contribution in [0.15, 0.2) is 54.6 Å². The Balaban J connectivity index is 1.67. The van der Waals surface area contributed by atoms with Crippen LogP contribution in [-0.2, 0) is 17.6 Å². The smallest absolute Gasteiger partial charge is 0.326 e. The summed E-state index contributed by atoms with van der Waals surface area (Å²) in [5.74, 6) is -0.861. The molecule has 1 amide bonds. The minimum atomic E-state index is -0.800. The van der Waals surface area contributed by atoms with Gasteiger partial charge in [-0.1, -0.05) is 43.3 Å². The summed E-state index contributed by atoms with van der Waals surface area (Å²) in [5.41, 5.74) is 3.89. The van der Waals surface area contributed by atoms with Crippen LogP contribution < -0.4 is 5.32 Å². The molecule has 0 aliphatic heterocycles. The zero-order chi connectivity index (χ0) is 19.7. The summed E-state index contributed by atoms with van der Waals surface area (Å²) in [6.07, 6.45) is 2.82. The molecule has 0 saturated heterocycles. The van der Waals surface area contributed by atoms with Crippen molar-refractivity contribution >= 4 is 22.8 Å². The predicted octanol–water partition coefficient (Wildman–Crippen LogP) is 3.96. The van der Waals surface area contributed by atoms with Gasteiger partial charge in [-0.25, -0.2) is 4.79 Å². The molecule has 5 heteroatoms. The van der Waals surface area contributed by atoms with E-state index in [2.05, 4.69) is 11.4 Å². The number of carboxylic acids is 1. The number of fused-ring (bicyclic) bond motifs is 3. The number of hydrogen-bond acceptors (Lipinski definition) is 2. The van der Waals surface area contributed by atoms with E-state index in [1.165, 1.54) is 5.56 Å². The van der Waals surface area contributed by atoms with E-state index in [-0.39, 0.29) is 11.9 Å². The van der Waals surface area contributed by atoms with E-state index in [0.717, 1.165) is 35.9 Å². The van der Waals surface area contributed by atoms with E-state index < -0.39 is 12.0 Å². The number of benzene rings is 2. The number of para-hydroxylation sites is 1. The van der Waals surface area contributed by atoms with Gasteiger partial charge in [0.05, 0.1) is 0 Å². The highest BCUT2D eigenvalue weighted by atomic mass is 16.4. The lowest BCUT2D eigenvalue weighted by atomic mass is 9.91. The third kappa shape index (κ3) is 3.17. The molecule has 0 saturated carbocycles. The molecule has 1 aliphatic rings. The molecule has 144 valence electrons. The third-order valence-electron chi connectivity index (χ3n) is 5.66. The molecule has 2 aromatic carbocycles. The van der Waals surface area contributed by atoms with E-state index in [4.69, 9.17) is 0 Å². The lowest BCUT2D eigenvalue weighted by molar-refractivity contribution is -0.140. The van der Waals surface area contributed by atoms with Crippen LogP contribution in [0.25, 0.3) is 10.9 Å². The van der Waals surface area contributed by atoms with Gasteiger partial charge in [0.2, 0.25) is 0 Å². The second-order valence-corrected chi connectivity index (χ2v) is 7.35. The van der Waals surface area contributed by atoms with Crippen LogP contribution in [0.2, 0.25) is 0 Å². The normalized spacial score (nSPS) is 17.1. The molecular weight excluding hydrogens is 352 g/mol. The molecule has 2 N–H and O–H groups in total. The van der Waals surface area contributed by atoms with Crippen molar-refractivity contribution in [2.75, 3.05) is 0 Å². The molecule has 1 aromatic heterocycles. The summed E-state index contributed by atoms with van der Waals surface area (Å²) >= 11 is 0. The fourth-order valence-electron chi connectivity index (χ4n) is 4.35. The molecular formula is C23H24N2O3. The Hall–Kier alpha value is -3.08. The van der Waals surface area contributed by atoms with Gasteiger partial charge < -0.3 is 15.0 Å². The van der Waals surface area contributed by atoms with Crippen molar-refractivity contribution in [3.8, 4) is 0 Å². The summed E-state index contributed by atoms with van der Waals surface area (Å²) < 4.78 is 2.00. The molecule has 28 heavy (non-hydrogen) atoms. The molecule has 0 bridgehead atoms. The molecule has 3 aromatic rings.